The number of anilines is 1. The number of terminal acetylenes is 1. The van der Waals surface area contributed by atoms with Gasteiger partial charge < -0.3 is 10.0 Å². The molecule has 3 heteroatoms. The monoisotopic (exact) mass is 247 g/mol. The van der Waals surface area contributed by atoms with E-state index in [1.807, 2.05) is 0 Å². The second-order valence-corrected chi connectivity index (χ2v) is 4.91. The molecule has 0 radical (unpaired) electrons. The minimum Gasteiger partial charge on any atom is -0.389 e. The number of rotatable bonds is 5. The molecule has 18 heavy (non-hydrogen) atoms. The molecule has 1 saturated carbocycles. The Balaban J connectivity index is 2.29. The summed E-state index contributed by atoms with van der Waals surface area (Å²) >= 11 is 0. The lowest BCUT2D eigenvalue weighted by molar-refractivity contribution is 0.199. The fourth-order valence-corrected chi connectivity index (χ4v) is 2.12. The minimum atomic E-state index is -0.699. The molecule has 0 unspecified atom stereocenters. The highest BCUT2D eigenvalue weighted by atomic mass is 19.1. The lowest BCUT2D eigenvalue weighted by Gasteiger charge is -2.26. The summed E-state index contributed by atoms with van der Waals surface area (Å²) in [5.74, 6) is 2.98. The Kier molecular flexibility index (Phi) is 3.88. The van der Waals surface area contributed by atoms with E-state index in [1.165, 1.54) is 25.0 Å². The van der Waals surface area contributed by atoms with Crippen LogP contribution < -0.4 is 4.90 Å². The van der Waals surface area contributed by atoms with Crippen LogP contribution in [0.15, 0.2) is 18.2 Å². The van der Waals surface area contributed by atoms with Crippen molar-refractivity contribution in [3.8, 4) is 12.3 Å². The smallest absolute Gasteiger partial charge is 0.123 e. The number of hydrogen-bond donors (Lipinski definition) is 1. The van der Waals surface area contributed by atoms with E-state index < -0.39 is 6.10 Å². The second-order valence-electron chi connectivity index (χ2n) is 4.91. The van der Waals surface area contributed by atoms with Crippen LogP contribution in [0.3, 0.4) is 0 Å². The van der Waals surface area contributed by atoms with Crippen LogP contribution in [0.2, 0.25) is 0 Å². The topological polar surface area (TPSA) is 23.5 Å². The van der Waals surface area contributed by atoms with E-state index in [0.717, 1.165) is 12.2 Å². The number of aliphatic hydroxyl groups excluding tert-OH is 1. The molecular weight excluding hydrogens is 229 g/mol. The number of halogens is 1. The van der Waals surface area contributed by atoms with Gasteiger partial charge >= 0.3 is 0 Å². The zero-order valence-electron chi connectivity index (χ0n) is 10.6. The molecule has 96 valence electrons. The van der Waals surface area contributed by atoms with E-state index in [1.54, 1.807) is 13.0 Å². The SMILES string of the molecule is C#CCN(CC1CC1)c1ccc(F)cc1[C@H](C)O. The highest BCUT2D eigenvalue weighted by Crippen LogP contribution is 2.34. The van der Waals surface area contributed by atoms with Gasteiger partial charge in [-0.3, -0.25) is 0 Å². The van der Waals surface area contributed by atoms with Gasteiger partial charge in [-0.2, -0.15) is 0 Å². The largest absolute Gasteiger partial charge is 0.389 e. The van der Waals surface area contributed by atoms with Gasteiger partial charge in [0.2, 0.25) is 0 Å². The molecule has 0 bridgehead atoms. The molecule has 1 fully saturated rings. The molecule has 2 nitrogen and oxygen atoms in total. The quantitative estimate of drug-likeness (QED) is 0.809. The number of nitrogens with zero attached hydrogens (tertiary/aromatic N) is 1. The first kappa shape index (κ1) is 12.9. The van der Waals surface area contributed by atoms with Crippen LogP contribution >= 0.6 is 0 Å². The number of benzene rings is 1. The molecule has 1 aliphatic carbocycles. The molecule has 1 aromatic rings. The van der Waals surface area contributed by atoms with Crippen LogP contribution in [-0.2, 0) is 0 Å². The van der Waals surface area contributed by atoms with Crippen molar-refractivity contribution in [3.63, 3.8) is 0 Å². The molecule has 1 aliphatic rings. The van der Waals surface area contributed by atoms with Crippen molar-refractivity contribution in [1.29, 1.82) is 0 Å². The summed E-state index contributed by atoms with van der Waals surface area (Å²) in [5.41, 5.74) is 1.45. The molecule has 1 atom stereocenters. The lowest BCUT2D eigenvalue weighted by Crippen LogP contribution is -2.27. The summed E-state index contributed by atoms with van der Waals surface area (Å²) in [6.45, 7) is 3.01. The van der Waals surface area contributed by atoms with Gasteiger partial charge in [0, 0.05) is 17.8 Å². The third-order valence-electron chi connectivity index (χ3n) is 3.24. The molecule has 0 aliphatic heterocycles. The fourth-order valence-electron chi connectivity index (χ4n) is 2.12. The average molecular weight is 247 g/mol. The van der Waals surface area contributed by atoms with Crippen molar-refractivity contribution >= 4 is 5.69 Å². The fraction of sp³-hybridized carbons (Fsp3) is 0.467. The van der Waals surface area contributed by atoms with Crippen LogP contribution in [0, 0.1) is 24.1 Å². The van der Waals surface area contributed by atoms with Gasteiger partial charge in [0.25, 0.3) is 0 Å². The van der Waals surface area contributed by atoms with Gasteiger partial charge in [-0.05, 0) is 43.9 Å². The van der Waals surface area contributed by atoms with Crippen molar-refractivity contribution in [2.75, 3.05) is 18.0 Å². The van der Waals surface area contributed by atoms with Gasteiger partial charge in [0.05, 0.1) is 12.6 Å². The third kappa shape index (κ3) is 3.02. The van der Waals surface area contributed by atoms with Crippen molar-refractivity contribution < 1.29 is 9.50 Å². The Hall–Kier alpha value is -1.53. The highest BCUT2D eigenvalue weighted by molar-refractivity contribution is 5.55. The van der Waals surface area contributed by atoms with Crippen LogP contribution in [-0.4, -0.2) is 18.2 Å². The van der Waals surface area contributed by atoms with Gasteiger partial charge in [-0.25, -0.2) is 4.39 Å². The summed E-state index contributed by atoms with van der Waals surface area (Å²) < 4.78 is 13.3. The molecule has 0 aromatic heterocycles. The molecule has 1 N–H and O–H groups in total. The van der Waals surface area contributed by atoms with Gasteiger partial charge in [0.1, 0.15) is 5.82 Å². The Morgan fingerprint density at radius 2 is 2.28 bits per heavy atom. The zero-order valence-corrected chi connectivity index (χ0v) is 10.6. The maximum atomic E-state index is 13.3. The van der Waals surface area contributed by atoms with Crippen molar-refractivity contribution in [3.05, 3.63) is 29.6 Å². The van der Waals surface area contributed by atoms with E-state index in [2.05, 4.69) is 10.8 Å². The van der Waals surface area contributed by atoms with Crippen LogP contribution in [0.5, 0.6) is 0 Å². The number of hydrogen-bond acceptors (Lipinski definition) is 2. The first-order valence-corrected chi connectivity index (χ1v) is 6.27. The summed E-state index contributed by atoms with van der Waals surface area (Å²) in [7, 11) is 0. The predicted molar refractivity (Wildman–Crippen MR) is 70.8 cm³/mol. The van der Waals surface area contributed by atoms with Crippen LogP contribution in [0.4, 0.5) is 10.1 Å². The zero-order chi connectivity index (χ0) is 13.1. The normalized spacial score (nSPS) is 16.1. The first-order chi connectivity index (χ1) is 8.61. The van der Waals surface area contributed by atoms with E-state index in [9.17, 15) is 9.50 Å². The van der Waals surface area contributed by atoms with Crippen LogP contribution in [0.1, 0.15) is 31.4 Å². The first-order valence-electron chi connectivity index (χ1n) is 6.27. The molecule has 0 amide bonds. The maximum absolute atomic E-state index is 13.3. The molecular formula is C15H18FNO. The summed E-state index contributed by atoms with van der Waals surface area (Å²) in [5, 5.41) is 9.75. The van der Waals surface area contributed by atoms with E-state index in [4.69, 9.17) is 6.42 Å². The lowest BCUT2D eigenvalue weighted by atomic mass is 10.1. The highest BCUT2D eigenvalue weighted by Gasteiger charge is 2.25. The van der Waals surface area contributed by atoms with Crippen molar-refractivity contribution in [1.82, 2.24) is 0 Å². The number of aliphatic hydroxyl groups is 1. The Morgan fingerprint density at radius 3 is 2.83 bits per heavy atom. The van der Waals surface area contributed by atoms with E-state index >= 15 is 0 Å². The molecule has 2 rings (SSSR count). The minimum absolute atomic E-state index is 0.332. The van der Waals surface area contributed by atoms with E-state index in [-0.39, 0.29) is 5.82 Å². The molecule has 0 saturated heterocycles. The summed E-state index contributed by atoms with van der Waals surface area (Å²) in [6, 6.07) is 4.51. The molecule has 1 aromatic carbocycles. The molecule has 0 heterocycles. The second kappa shape index (κ2) is 5.41. The molecule has 0 spiro atoms. The summed E-state index contributed by atoms with van der Waals surface area (Å²) in [6.07, 6.45) is 7.15. The Morgan fingerprint density at radius 1 is 1.56 bits per heavy atom. The maximum Gasteiger partial charge on any atom is 0.123 e. The van der Waals surface area contributed by atoms with Gasteiger partial charge in [-0.15, -0.1) is 6.42 Å². The summed E-state index contributed by atoms with van der Waals surface area (Å²) in [4.78, 5) is 2.05. The third-order valence-corrected chi connectivity index (χ3v) is 3.24. The van der Waals surface area contributed by atoms with Gasteiger partial charge in [-0.1, -0.05) is 5.92 Å². The van der Waals surface area contributed by atoms with Crippen LogP contribution in [0.25, 0.3) is 0 Å². The Bertz CT molecular complexity index is 460. The Labute approximate surface area is 107 Å². The van der Waals surface area contributed by atoms with Crippen molar-refractivity contribution in [2.24, 2.45) is 5.92 Å². The average Bonchev–Trinajstić information content (AvgIpc) is 3.12. The van der Waals surface area contributed by atoms with Crippen molar-refractivity contribution in [2.45, 2.75) is 25.9 Å². The predicted octanol–water partition coefficient (Wildman–Crippen LogP) is 2.73. The van der Waals surface area contributed by atoms with E-state index in [0.29, 0.717) is 18.0 Å². The van der Waals surface area contributed by atoms with Gasteiger partial charge in [0.15, 0.2) is 0 Å². The standard InChI is InChI=1S/C15H18FNO/c1-3-8-17(10-12-4-5-12)15-7-6-13(16)9-14(15)11(2)18/h1,6-7,9,11-12,18H,4-5,8,10H2,2H3/t11-/m0/s1.